The number of aliphatic imine (C=N–C) groups is 1. The largest absolute Gasteiger partial charge is 0.357 e. The predicted molar refractivity (Wildman–Crippen MR) is 113 cm³/mol. The summed E-state index contributed by atoms with van der Waals surface area (Å²) < 4.78 is 2.13. The molecule has 0 spiro atoms. The maximum Gasteiger partial charge on any atom is 0.191 e. The summed E-state index contributed by atoms with van der Waals surface area (Å²) in [5.74, 6) is 1.85. The van der Waals surface area contributed by atoms with Gasteiger partial charge in [-0.15, -0.1) is 0 Å². The molecule has 2 heterocycles. The van der Waals surface area contributed by atoms with Crippen LogP contribution in [-0.2, 0) is 13.6 Å². The number of hydrogen-bond acceptors (Lipinski definition) is 3. The summed E-state index contributed by atoms with van der Waals surface area (Å²) in [7, 11) is 2.06. The van der Waals surface area contributed by atoms with Crippen molar-refractivity contribution in [3.05, 3.63) is 30.1 Å². The van der Waals surface area contributed by atoms with Gasteiger partial charge in [0, 0.05) is 32.7 Å². The van der Waals surface area contributed by atoms with E-state index in [1.54, 1.807) is 0 Å². The minimum Gasteiger partial charge on any atom is -0.357 e. The molecule has 2 N–H and O–H groups in total. The van der Waals surface area contributed by atoms with E-state index in [4.69, 9.17) is 9.98 Å². The van der Waals surface area contributed by atoms with Crippen molar-refractivity contribution in [1.29, 1.82) is 0 Å². The van der Waals surface area contributed by atoms with Crippen molar-refractivity contribution in [2.45, 2.75) is 52.1 Å². The van der Waals surface area contributed by atoms with Crippen LogP contribution in [0.25, 0.3) is 11.0 Å². The van der Waals surface area contributed by atoms with E-state index in [0.717, 1.165) is 48.5 Å². The van der Waals surface area contributed by atoms with Gasteiger partial charge in [0.15, 0.2) is 5.96 Å². The van der Waals surface area contributed by atoms with E-state index in [1.807, 2.05) is 12.1 Å². The number of para-hydroxylation sites is 2. The highest BCUT2D eigenvalue weighted by atomic mass is 15.2. The van der Waals surface area contributed by atoms with E-state index < -0.39 is 0 Å². The summed E-state index contributed by atoms with van der Waals surface area (Å²) in [5.41, 5.74) is 2.18. The molecule has 0 bridgehead atoms. The van der Waals surface area contributed by atoms with Crippen LogP contribution >= 0.6 is 0 Å². The first-order valence-corrected chi connectivity index (χ1v) is 10.4. The van der Waals surface area contributed by atoms with E-state index in [2.05, 4.69) is 53.1 Å². The van der Waals surface area contributed by atoms with Gasteiger partial charge in [0.25, 0.3) is 0 Å². The van der Waals surface area contributed by atoms with Crippen molar-refractivity contribution in [2.75, 3.05) is 26.2 Å². The van der Waals surface area contributed by atoms with Gasteiger partial charge >= 0.3 is 0 Å². The van der Waals surface area contributed by atoms with Gasteiger partial charge in [0.1, 0.15) is 12.4 Å². The van der Waals surface area contributed by atoms with Crippen molar-refractivity contribution < 1.29 is 0 Å². The highest BCUT2D eigenvalue weighted by molar-refractivity contribution is 5.80. The predicted octanol–water partition coefficient (Wildman–Crippen LogP) is 2.89. The fourth-order valence-corrected chi connectivity index (χ4v) is 3.96. The molecule has 0 saturated carbocycles. The van der Waals surface area contributed by atoms with Crippen LogP contribution < -0.4 is 10.6 Å². The Labute approximate surface area is 163 Å². The maximum absolute atomic E-state index is 4.75. The highest BCUT2D eigenvalue weighted by Gasteiger charge is 2.20. The summed E-state index contributed by atoms with van der Waals surface area (Å²) >= 11 is 0. The van der Waals surface area contributed by atoms with Crippen LogP contribution in [0.15, 0.2) is 29.3 Å². The Morgan fingerprint density at radius 2 is 2.07 bits per heavy atom. The number of imidazole rings is 1. The molecule has 0 amide bonds. The van der Waals surface area contributed by atoms with Gasteiger partial charge in [-0.25, -0.2) is 9.98 Å². The molecule has 148 valence electrons. The van der Waals surface area contributed by atoms with Crippen molar-refractivity contribution in [2.24, 2.45) is 12.0 Å². The Hall–Kier alpha value is -2.08. The fourth-order valence-electron chi connectivity index (χ4n) is 3.96. The molecule has 0 aliphatic carbocycles. The molecule has 3 rings (SSSR count). The molecule has 27 heavy (non-hydrogen) atoms. The Morgan fingerprint density at radius 1 is 1.22 bits per heavy atom. The molecule has 6 heteroatoms. The number of piperidine rings is 1. The molecular formula is C21H34N6. The minimum atomic E-state index is 0.571. The molecule has 1 aromatic heterocycles. The van der Waals surface area contributed by atoms with Gasteiger partial charge in [-0.1, -0.05) is 25.5 Å². The third-order valence-electron chi connectivity index (χ3n) is 5.51. The van der Waals surface area contributed by atoms with E-state index >= 15 is 0 Å². The summed E-state index contributed by atoms with van der Waals surface area (Å²) in [6.45, 7) is 9.06. The lowest BCUT2D eigenvalue weighted by Crippen LogP contribution is -2.45. The Morgan fingerprint density at radius 3 is 2.85 bits per heavy atom. The molecule has 2 aromatic rings. The normalized spacial score (nSPS) is 18.8. The molecule has 1 aromatic carbocycles. The molecule has 1 fully saturated rings. The average molecular weight is 371 g/mol. The number of rotatable bonds is 7. The van der Waals surface area contributed by atoms with E-state index in [9.17, 15) is 0 Å². The number of guanidine groups is 1. The first kappa shape index (κ1) is 19.7. The highest BCUT2D eigenvalue weighted by Crippen LogP contribution is 2.18. The van der Waals surface area contributed by atoms with Gasteiger partial charge in [-0.3, -0.25) is 4.90 Å². The molecule has 1 atom stereocenters. The summed E-state index contributed by atoms with van der Waals surface area (Å²) in [5, 5.41) is 6.85. The maximum atomic E-state index is 4.75. The Balaban J connectivity index is 1.58. The van der Waals surface area contributed by atoms with Gasteiger partial charge in [-0.05, 0) is 44.9 Å². The van der Waals surface area contributed by atoms with Crippen LogP contribution in [0.5, 0.6) is 0 Å². The average Bonchev–Trinajstić information content (AvgIpc) is 3.02. The van der Waals surface area contributed by atoms with Crippen molar-refractivity contribution >= 4 is 17.0 Å². The number of aryl methyl sites for hydroxylation is 1. The Bertz CT molecular complexity index is 750. The van der Waals surface area contributed by atoms with Crippen LogP contribution in [0, 0.1) is 0 Å². The third kappa shape index (κ3) is 5.01. The molecule has 1 aliphatic rings. The van der Waals surface area contributed by atoms with Gasteiger partial charge in [0.2, 0.25) is 0 Å². The first-order chi connectivity index (χ1) is 13.2. The lowest BCUT2D eigenvalue weighted by molar-refractivity contribution is 0.147. The summed E-state index contributed by atoms with van der Waals surface area (Å²) in [6, 6.07) is 8.97. The first-order valence-electron chi connectivity index (χ1n) is 10.4. The zero-order chi connectivity index (χ0) is 19.1. The Kier molecular flexibility index (Phi) is 7.10. The number of aromatic nitrogens is 2. The number of nitrogens with one attached hydrogen (secondary N) is 2. The fraction of sp³-hybridized carbons (Fsp3) is 0.619. The molecule has 1 aliphatic heterocycles. The topological polar surface area (TPSA) is 57.5 Å². The lowest BCUT2D eigenvalue weighted by Gasteiger charge is -2.35. The van der Waals surface area contributed by atoms with Crippen LogP contribution in [0.1, 0.15) is 45.4 Å². The molecule has 6 nitrogen and oxygen atoms in total. The van der Waals surface area contributed by atoms with E-state index in [0.29, 0.717) is 6.54 Å². The van der Waals surface area contributed by atoms with Crippen molar-refractivity contribution in [1.82, 2.24) is 25.1 Å². The van der Waals surface area contributed by atoms with E-state index in [-0.39, 0.29) is 0 Å². The van der Waals surface area contributed by atoms with Crippen LogP contribution in [0.3, 0.4) is 0 Å². The summed E-state index contributed by atoms with van der Waals surface area (Å²) in [4.78, 5) is 12.1. The van der Waals surface area contributed by atoms with E-state index in [1.165, 1.54) is 32.2 Å². The lowest BCUT2D eigenvalue weighted by atomic mass is 10.0. The molecule has 1 unspecified atom stereocenters. The minimum absolute atomic E-state index is 0.571. The van der Waals surface area contributed by atoms with Crippen molar-refractivity contribution in [3.63, 3.8) is 0 Å². The number of nitrogens with zero attached hydrogens (tertiary/aromatic N) is 4. The SMILES string of the molecule is CCNC(=NCc1nc2ccccc2n1C)NCCN1CCCCC1CC. The molecule has 1 saturated heterocycles. The van der Waals surface area contributed by atoms with Crippen LogP contribution in [0.2, 0.25) is 0 Å². The second-order valence-electron chi connectivity index (χ2n) is 7.29. The van der Waals surface area contributed by atoms with Crippen LogP contribution in [0.4, 0.5) is 0 Å². The second-order valence-corrected chi connectivity index (χ2v) is 7.29. The standard InChI is InChI=1S/C21H34N6/c1-4-17-10-8-9-14-27(17)15-13-23-21(22-5-2)24-16-20-25-18-11-6-7-12-19(18)26(20)3/h6-7,11-12,17H,4-5,8-10,13-16H2,1-3H3,(H2,22,23,24). The number of likely N-dealkylation sites (tertiary alicyclic amines) is 1. The molecular weight excluding hydrogens is 336 g/mol. The zero-order valence-electron chi connectivity index (χ0n) is 17.0. The van der Waals surface area contributed by atoms with Crippen molar-refractivity contribution in [3.8, 4) is 0 Å². The number of fused-ring (bicyclic) bond motifs is 1. The third-order valence-corrected chi connectivity index (χ3v) is 5.51. The van der Waals surface area contributed by atoms with Crippen LogP contribution in [-0.4, -0.2) is 52.6 Å². The smallest absolute Gasteiger partial charge is 0.191 e. The molecule has 0 radical (unpaired) electrons. The van der Waals surface area contributed by atoms with Gasteiger partial charge in [0.05, 0.1) is 11.0 Å². The van der Waals surface area contributed by atoms with Gasteiger partial charge < -0.3 is 15.2 Å². The zero-order valence-corrected chi connectivity index (χ0v) is 17.0. The number of hydrogen-bond donors (Lipinski definition) is 2. The monoisotopic (exact) mass is 370 g/mol. The van der Waals surface area contributed by atoms with Gasteiger partial charge in [-0.2, -0.15) is 0 Å². The number of benzene rings is 1. The second kappa shape index (κ2) is 9.74. The summed E-state index contributed by atoms with van der Waals surface area (Å²) in [6.07, 6.45) is 5.31. The quantitative estimate of drug-likeness (QED) is 0.581.